The number of cyclic esters (lactones) is 1. The third-order valence-electron chi connectivity index (χ3n) is 11.2. The van der Waals surface area contributed by atoms with Gasteiger partial charge in [-0.2, -0.15) is 0 Å². The number of hydrogen-bond acceptors (Lipinski definition) is 14. The van der Waals surface area contributed by atoms with Crippen LogP contribution >= 0.6 is 0 Å². The van der Waals surface area contributed by atoms with E-state index in [9.17, 15) is 34.5 Å². The van der Waals surface area contributed by atoms with Crippen molar-refractivity contribution in [1.29, 1.82) is 0 Å². The molecule has 56 heavy (non-hydrogen) atoms. The molecule has 0 aliphatic carbocycles. The van der Waals surface area contributed by atoms with Gasteiger partial charge in [0, 0.05) is 43.3 Å². The van der Waals surface area contributed by atoms with Crippen LogP contribution in [0.2, 0.25) is 0 Å². The van der Waals surface area contributed by atoms with E-state index in [0.29, 0.717) is 25.7 Å². The molecule has 0 unspecified atom stereocenters. The van der Waals surface area contributed by atoms with Crippen LogP contribution in [0, 0.1) is 5.41 Å². The summed E-state index contributed by atoms with van der Waals surface area (Å²) in [5.74, 6) is -4.82. The van der Waals surface area contributed by atoms with Crippen LogP contribution in [0.4, 0.5) is 0 Å². The summed E-state index contributed by atoms with van der Waals surface area (Å²) in [5.41, 5.74) is -0.299. The van der Waals surface area contributed by atoms with Gasteiger partial charge in [-0.05, 0) is 50.5 Å². The molecule has 316 valence electrons. The van der Waals surface area contributed by atoms with E-state index in [0.717, 1.165) is 50.5 Å². The second-order valence-corrected chi connectivity index (χ2v) is 16.2. The Kier molecular flexibility index (Phi) is 17.5. The molecule has 4 rings (SSSR count). The number of rotatable bonds is 10. The molecule has 14 nitrogen and oxygen atoms in total. The summed E-state index contributed by atoms with van der Waals surface area (Å²) in [6, 6.07) is 0. The van der Waals surface area contributed by atoms with Gasteiger partial charge in [0.2, 0.25) is 5.79 Å². The zero-order chi connectivity index (χ0) is 40.9. The Labute approximate surface area is 330 Å². The van der Waals surface area contributed by atoms with Crippen LogP contribution < -0.4 is 0 Å². The highest BCUT2D eigenvalue weighted by molar-refractivity contribution is 5.83. The van der Waals surface area contributed by atoms with Gasteiger partial charge in [-0.15, -0.1) is 0 Å². The Morgan fingerprint density at radius 1 is 0.875 bits per heavy atom. The van der Waals surface area contributed by atoms with Gasteiger partial charge < -0.3 is 48.5 Å². The Morgan fingerprint density at radius 3 is 2.27 bits per heavy atom. The van der Waals surface area contributed by atoms with Gasteiger partial charge in [0.05, 0.1) is 63.9 Å². The molecule has 0 radical (unpaired) electrons. The summed E-state index contributed by atoms with van der Waals surface area (Å²) < 4.78 is 40.9. The van der Waals surface area contributed by atoms with Crippen LogP contribution in [-0.4, -0.2) is 115 Å². The third-order valence-corrected chi connectivity index (χ3v) is 11.2. The quantitative estimate of drug-likeness (QED) is 0.0895. The van der Waals surface area contributed by atoms with Gasteiger partial charge >= 0.3 is 23.9 Å². The molecule has 4 heterocycles. The lowest BCUT2D eigenvalue weighted by Gasteiger charge is -2.51. The van der Waals surface area contributed by atoms with Crippen LogP contribution in [0.15, 0.2) is 35.5 Å². The minimum Gasteiger partial charge on any atom is -0.466 e. The Balaban J connectivity index is 1.75. The van der Waals surface area contributed by atoms with Crippen molar-refractivity contribution in [3.63, 3.8) is 0 Å². The Hall–Kier alpha value is -3.14. The minimum atomic E-state index is -2.30. The van der Waals surface area contributed by atoms with Crippen LogP contribution in [0.1, 0.15) is 124 Å². The fourth-order valence-electron chi connectivity index (χ4n) is 8.09. The molecule has 0 aromatic carbocycles. The number of carbonyl (C=O) groups is 4. The zero-order valence-electron chi connectivity index (χ0n) is 33.8. The molecule has 6 bridgehead atoms. The highest BCUT2D eigenvalue weighted by Gasteiger charge is 2.57. The van der Waals surface area contributed by atoms with Gasteiger partial charge in [0.15, 0.2) is 6.10 Å². The number of ether oxygens (including phenoxy) is 7. The first-order valence-electron chi connectivity index (χ1n) is 20.3. The lowest BCUT2D eigenvalue weighted by atomic mass is 9.74. The maximum atomic E-state index is 13.4. The number of hydrogen-bond donors (Lipinski definition) is 3. The summed E-state index contributed by atoms with van der Waals surface area (Å²) in [6.07, 6.45) is 8.35. The predicted molar refractivity (Wildman–Crippen MR) is 203 cm³/mol. The number of fused-ring (bicyclic) bond motifs is 6. The van der Waals surface area contributed by atoms with Gasteiger partial charge in [-0.3, -0.25) is 9.59 Å². The van der Waals surface area contributed by atoms with Gasteiger partial charge in [-0.25, -0.2) is 9.59 Å². The van der Waals surface area contributed by atoms with Crippen molar-refractivity contribution in [2.75, 3.05) is 20.8 Å². The number of aliphatic hydroxyl groups excluding tert-OH is 2. The van der Waals surface area contributed by atoms with Crippen molar-refractivity contribution in [2.24, 2.45) is 5.41 Å². The summed E-state index contributed by atoms with van der Waals surface area (Å²) in [5, 5.41) is 34.0. The summed E-state index contributed by atoms with van der Waals surface area (Å²) in [4.78, 5) is 51.6. The summed E-state index contributed by atoms with van der Waals surface area (Å²) >= 11 is 0. The predicted octanol–water partition coefficient (Wildman–Crippen LogP) is 4.84. The average Bonchev–Trinajstić information content (AvgIpc) is 3.14. The van der Waals surface area contributed by atoms with Gasteiger partial charge in [0.25, 0.3) is 0 Å². The standard InChI is InChI=1S/C42H64O14/c1-6-7-8-9-10-14-36(45)55-40-28(21-38(47)51-5)20-34-25-35(26-43)54-39(48)23-29(44)22-30-12-11-13-31(52-30)24-33-18-27(19-37(46)50-4)17-32(53-33)15-16-41(2,3)42(40,49)56-34/h15-16,19,21,29-35,40,43-44,49H,6-14,17-18,20,22-26H2,1-5H3/b16-15+,27-19+,28-21+/t29-,30+,31-,32+,33+,34+,35-,40+,42-/m1/s1. The van der Waals surface area contributed by atoms with Gasteiger partial charge in [0.1, 0.15) is 6.10 Å². The SMILES string of the molecule is CCCCCCCC(=O)O[C@H]1/C(=C/C(=O)OC)C[C@H]2C[C@H](CO)OC(=O)C[C@H](O)C[C@@H]3CCC[C@H](C[C@@H]4C/C(=C/C(=O)OC)C[C@H](/C=C/C(C)(C)[C@]1(O)O2)O4)O3. The maximum Gasteiger partial charge on any atom is 0.330 e. The normalized spacial score (nSPS) is 34.8. The molecule has 0 aromatic rings. The molecule has 4 aliphatic rings. The number of methoxy groups -OCH3 is 2. The van der Waals surface area contributed by atoms with Crippen LogP contribution in [0.3, 0.4) is 0 Å². The zero-order valence-corrected chi connectivity index (χ0v) is 33.8. The first-order valence-corrected chi connectivity index (χ1v) is 20.3. The number of aliphatic hydroxyl groups is 3. The number of carbonyl (C=O) groups excluding carboxylic acids is 4. The lowest BCUT2D eigenvalue weighted by molar-refractivity contribution is -0.327. The van der Waals surface area contributed by atoms with E-state index in [1.54, 1.807) is 26.0 Å². The monoisotopic (exact) mass is 792 g/mol. The Bertz CT molecular complexity index is 1420. The number of unbranched alkanes of at least 4 members (excludes halogenated alkanes) is 4. The minimum absolute atomic E-state index is 0.0301. The molecule has 3 saturated heterocycles. The molecule has 3 N–H and O–H groups in total. The smallest absolute Gasteiger partial charge is 0.330 e. The van der Waals surface area contributed by atoms with E-state index >= 15 is 0 Å². The molecule has 0 aromatic heterocycles. The van der Waals surface area contributed by atoms with Crippen LogP contribution in [0.5, 0.6) is 0 Å². The average molecular weight is 793 g/mol. The molecule has 0 saturated carbocycles. The first-order chi connectivity index (χ1) is 26.7. The molecular weight excluding hydrogens is 728 g/mol. The van der Waals surface area contributed by atoms with E-state index in [1.165, 1.54) is 26.4 Å². The van der Waals surface area contributed by atoms with Crippen molar-refractivity contribution in [3.8, 4) is 0 Å². The highest BCUT2D eigenvalue weighted by atomic mass is 16.7. The van der Waals surface area contributed by atoms with E-state index in [1.807, 2.05) is 0 Å². The molecule has 9 atom stereocenters. The van der Waals surface area contributed by atoms with E-state index < -0.39 is 72.2 Å². The van der Waals surface area contributed by atoms with E-state index in [4.69, 9.17) is 33.2 Å². The summed E-state index contributed by atoms with van der Waals surface area (Å²) in [6.45, 7) is 4.92. The maximum absolute atomic E-state index is 13.4. The molecule has 14 heteroatoms. The van der Waals surface area contributed by atoms with Crippen molar-refractivity contribution in [2.45, 2.75) is 178 Å². The second-order valence-electron chi connectivity index (χ2n) is 16.2. The van der Waals surface area contributed by atoms with Crippen molar-refractivity contribution >= 4 is 23.9 Å². The molecular formula is C42H64O14. The lowest BCUT2D eigenvalue weighted by Crippen LogP contribution is -2.62. The molecule has 0 spiro atoms. The number of esters is 4. The topological polar surface area (TPSA) is 194 Å². The van der Waals surface area contributed by atoms with Crippen molar-refractivity contribution in [3.05, 3.63) is 35.5 Å². The second kappa shape index (κ2) is 21.6. The molecule has 3 fully saturated rings. The molecule has 0 amide bonds. The van der Waals surface area contributed by atoms with Crippen molar-refractivity contribution in [1.82, 2.24) is 0 Å². The van der Waals surface area contributed by atoms with E-state index in [-0.39, 0.29) is 56.0 Å². The summed E-state index contributed by atoms with van der Waals surface area (Å²) in [7, 11) is 2.53. The van der Waals surface area contributed by atoms with Crippen LogP contribution in [0.25, 0.3) is 0 Å². The third kappa shape index (κ3) is 13.2. The Morgan fingerprint density at radius 2 is 1.57 bits per heavy atom. The fraction of sp³-hybridized carbons (Fsp3) is 0.762. The van der Waals surface area contributed by atoms with Crippen LogP contribution in [-0.2, 0) is 52.3 Å². The van der Waals surface area contributed by atoms with Crippen molar-refractivity contribution < 1.29 is 67.7 Å². The van der Waals surface area contributed by atoms with Gasteiger partial charge in [-0.1, -0.05) is 64.2 Å². The largest absolute Gasteiger partial charge is 0.466 e. The molecule has 4 aliphatic heterocycles. The first kappa shape index (κ1) is 45.6. The van der Waals surface area contributed by atoms with E-state index in [2.05, 4.69) is 6.92 Å². The highest BCUT2D eigenvalue weighted by Crippen LogP contribution is 2.47. The fourth-order valence-corrected chi connectivity index (χ4v) is 8.09.